The Kier molecular flexibility index (Phi) is 4.65. The summed E-state index contributed by atoms with van der Waals surface area (Å²) in [6, 6.07) is 4.48. The molecule has 0 bridgehead atoms. The van der Waals surface area contributed by atoms with Gasteiger partial charge >= 0.3 is 6.18 Å². The average Bonchev–Trinajstić information content (AvgIpc) is 2.91. The molecule has 0 aromatic heterocycles. The van der Waals surface area contributed by atoms with Gasteiger partial charge in [0.25, 0.3) is 5.91 Å². The first-order valence-electron chi connectivity index (χ1n) is 6.63. The van der Waals surface area contributed by atoms with Crippen LogP contribution in [0.4, 0.5) is 13.2 Å². The minimum Gasteiger partial charge on any atom is -0.352 e. The Labute approximate surface area is 115 Å². The molecule has 0 aliphatic carbocycles. The average molecular weight is 286 g/mol. The topological polar surface area (TPSA) is 41.1 Å². The number of alkyl halides is 3. The predicted molar refractivity (Wildman–Crippen MR) is 69.4 cm³/mol. The number of nitrogens with one attached hydrogen (secondary N) is 2. The number of benzene rings is 1. The Balaban J connectivity index is 1.88. The second-order valence-corrected chi connectivity index (χ2v) is 4.98. The fraction of sp³-hybridized carbons (Fsp3) is 0.500. The first kappa shape index (κ1) is 14.8. The lowest BCUT2D eigenvalue weighted by Gasteiger charge is -2.11. The molecule has 0 spiro atoms. The third-order valence-electron chi connectivity index (χ3n) is 3.45. The highest BCUT2D eigenvalue weighted by Gasteiger charge is 2.30. The van der Waals surface area contributed by atoms with Crippen molar-refractivity contribution >= 4 is 5.91 Å². The van der Waals surface area contributed by atoms with Gasteiger partial charge in [-0.2, -0.15) is 13.2 Å². The van der Waals surface area contributed by atoms with E-state index in [2.05, 4.69) is 10.6 Å². The number of amides is 1. The highest BCUT2D eigenvalue weighted by Crippen LogP contribution is 2.29. The molecule has 1 atom stereocenters. The molecule has 6 heteroatoms. The molecule has 0 saturated carbocycles. The van der Waals surface area contributed by atoms with E-state index in [1.54, 1.807) is 0 Å². The van der Waals surface area contributed by atoms with E-state index in [-0.39, 0.29) is 5.56 Å². The number of carbonyl (C=O) groups excluding carboxylic acids is 1. The van der Waals surface area contributed by atoms with E-state index in [1.165, 1.54) is 12.1 Å². The standard InChI is InChI=1S/C14H17F3N2O/c15-14(16,17)12-3-1-2-11(8-12)13(20)19-7-5-10-4-6-18-9-10/h1-3,8,10,18H,4-7,9H2,(H,19,20). The molecule has 1 aliphatic heterocycles. The molecule has 1 amide bonds. The minimum atomic E-state index is -4.42. The highest BCUT2D eigenvalue weighted by atomic mass is 19.4. The van der Waals surface area contributed by atoms with Crippen LogP contribution in [0.25, 0.3) is 0 Å². The largest absolute Gasteiger partial charge is 0.416 e. The van der Waals surface area contributed by atoms with Crippen molar-refractivity contribution in [3.8, 4) is 0 Å². The zero-order chi connectivity index (χ0) is 14.6. The summed E-state index contributed by atoms with van der Waals surface area (Å²) in [6.45, 7) is 2.42. The van der Waals surface area contributed by atoms with Gasteiger partial charge in [-0.25, -0.2) is 0 Å². The molecule has 2 N–H and O–H groups in total. The molecular formula is C14H17F3N2O. The highest BCUT2D eigenvalue weighted by molar-refractivity contribution is 5.94. The molecule has 1 aromatic carbocycles. The quantitative estimate of drug-likeness (QED) is 0.892. The zero-order valence-electron chi connectivity index (χ0n) is 11.0. The maximum absolute atomic E-state index is 12.5. The monoisotopic (exact) mass is 286 g/mol. The van der Waals surface area contributed by atoms with Gasteiger partial charge in [0.1, 0.15) is 0 Å². The normalized spacial score (nSPS) is 19.1. The van der Waals surface area contributed by atoms with Crippen LogP contribution in [0.1, 0.15) is 28.8 Å². The summed E-state index contributed by atoms with van der Waals surface area (Å²) in [5.74, 6) is 0.0823. The smallest absolute Gasteiger partial charge is 0.352 e. The fourth-order valence-electron chi connectivity index (χ4n) is 2.29. The van der Waals surface area contributed by atoms with E-state index in [9.17, 15) is 18.0 Å². The van der Waals surface area contributed by atoms with Crippen LogP contribution in [0.15, 0.2) is 24.3 Å². The number of halogens is 3. The first-order valence-corrected chi connectivity index (χ1v) is 6.63. The lowest BCUT2D eigenvalue weighted by molar-refractivity contribution is -0.137. The molecule has 20 heavy (non-hydrogen) atoms. The van der Waals surface area contributed by atoms with Gasteiger partial charge in [-0.05, 0) is 50.0 Å². The van der Waals surface area contributed by atoms with Crippen molar-refractivity contribution in [1.82, 2.24) is 10.6 Å². The summed E-state index contributed by atoms with van der Waals surface area (Å²) < 4.78 is 37.6. The van der Waals surface area contributed by atoms with Crippen molar-refractivity contribution in [3.63, 3.8) is 0 Å². The van der Waals surface area contributed by atoms with Gasteiger partial charge in [-0.1, -0.05) is 6.07 Å². The summed E-state index contributed by atoms with van der Waals surface area (Å²) in [7, 11) is 0. The lowest BCUT2D eigenvalue weighted by Crippen LogP contribution is -2.26. The van der Waals surface area contributed by atoms with Gasteiger partial charge in [0.2, 0.25) is 0 Å². The summed E-state index contributed by atoms with van der Waals surface area (Å²) in [5.41, 5.74) is -0.755. The summed E-state index contributed by atoms with van der Waals surface area (Å²) in [4.78, 5) is 11.8. The Morgan fingerprint density at radius 1 is 1.40 bits per heavy atom. The van der Waals surface area contributed by atoms with Gasteiger partial charge in [0.05, 0.1) is 5.56 Å². The van der Waals surface area contributed by atoms with E-state index in [1.807, 2.05) is 0 Å². The molecule has 2 rings (SSSR count). The molecule has 1 aliphatic rings. The Hall–Kier alpha value is -1.56. The fourth-order valence-corrected chi connectivity index (χ4v) is 2.29. The molecule has 1 saturated heterocycles. The van der Waals surface area contributed by atoms with E-state index in [4.69, 9.17) is 0 Å². The van der Waals surface area contributed by atoms with Gasteiger partial charge in [0.15, 0.2) is 0 Å². The first-order chi connectivity index (χ1) is 9.47. The maximum Gasteiger partial charge on any atom is 0.416 e. The van der Waals surface area contributed by atoms with Crippen molar-refractivity contribution in [2.45, 2.75) is 19.0 Å². The van der Waals surface area contributed by atoms with Gasteiger partial charge in [-0.15, -0.1) is 0 Å². The second kappa shape index (κ2) is 6.26. The predicted octanol–water partition coefficient (Wildman–Crippen LogP) is 2.43. The van der Waals surface area contributed by atoms with Crippen LogP contribution in [-0.4, -0.2) is 25.5 Å². The number of hydrogen-bond acceptors (Lipinski definition) is 2. The van der Waals surface area contributed by atoms with Gasteiger partial charge < -0.3 is 10.6 Å². The summed E-state index contributed by atoms with van der Waals surface area (Å²) in [5, 5.41) is 5.90. The van der Waals surface area contributed by atoms with E-state index < -0.39 is 17.6 Å². The van der Waals surface area contributed by atoms with Crippen molar-refractivity contribution in [2.24, 2.45) is 5.92 Å². The van der Waals surface area contributed by atoms with Crippen LogP contribution < -0.4 is 10.6 Å². The second-order valence-electron chi connectivity index (χ2n) is 4.98. The minimum absolute atomic E-state index is 0.0457. The molecular weight excluding hydrogens is 269 g/mol. The summed E-state index contributed by atoms with van der Waals surface area (Å²) >= 11 is 0. The number of hydrogen-bond donors (Lipinski definition) is 2. The molecule has 1 unspecified atom stereocenters. The third kappa shape index (κ3) is 3.96. The molecule has 1 fully saturated rings. The Morgan fingerprint density at radius 2 is 2.20 bits per heavy atom. The van der Waals surface area contributed by atoms with Crippen LogP contribution in [0, 0.1) is 5.92 Å². The lowest BCUT2D eigenvalue weighted by atomic mass is 10.1. The van der Waals surface area contributed by atoms with E-state index in [0.29, 0.717) is 12.5 Å². The van der Waals surface area contributed by atoms with E-state index in [0.717, 1.165) is 38.1 Å². The molecule has 3 nitrogen and oxygen atoms in total. The van der Waals surface area contributed by atoms with Crippen LogP contribution in [0.5, 0.6) is 0 Å². The molecule has 0 radical (unpaired) electrons. The Bertz CT molecular complexity index is 468. The summed E-state index contributed by atoms with van der Waals surface area (Å²) in [6.07, 6.45) is -2.50. The molecule has 1 aromatic rings. The van der Waals surface area contributed by atoms with Crippen LogP contribution >= 0.6 is 0 Å². The zero-order valence-corrected chi connectivity index (χ0v) is 11.0. The van der Waals surface area contributed by atoms with Crippen molar-refractivity contribution < 1.29 is 18.0 Å². The molecule has 1 heterocycles. The maximum atomic E-state index is 12.5. The van der Waals surface area contributed by atoms with E-state index >= 15 is 0 Å². The SMILES string of the molecule is O=C(NCCC1CCNC1)c1cccc(C(F)(F)F)c1. The molecule has 110 valence electrons. The van der Waals surface area contributed by atoms with Crippen molar-refractivity contribution in [3.05, 3.63) is 35.4 Å². The van der Waals surface area contributed by atoms with Gasteiger partial charge in [0, 0.05) is 12.1 Å². The van der Waals surface area contributed by atoms with Crippen LogP contribution in [0.3, 0.4) is 0 Å². The Morgan fingerprint density at radius 3 is 2.85 bits per heavy atom. The third-order valence-corrected chi connectivity index (χ3v) is 3.45. The van der Waals surface area contributed by atoms with Crippen molar-refractivity contribution in [2.75, 3.05) is 19.6 Å². The number of rotatable bonds is 4. The van der Waals surface area contributed by atoms with Crippen LogP contribution in [-0.2, 0) is 6.18 Å². The van der Waals surface area contributed by atoms with Crippen molar-refractivity contribution in [1.29, 1.82) is 0 Å². The van der Waals surface area contributed by atoms with Gasteiger partial charge in [-0.3, -0.25) is 4.79 Å². The van der Waals surface area contributed by atoms with Crippen LogP contribution in [0.2, 0.25) is 0 Å². The number of carbonyl (C=O) groups is 1.